The Morgan fingerprint density at radius 3 is 2.54 bits per heavy atom. The Labute approximate surface area is 151 Å². The van der Waals surface area contributed by atoms with Crippen LogP contribution in [-0.2, 0) is 4.79 Å². The van der Waals surface area contributed by atoms with Gasteiger partial charge in [0.2, 0.25) is 0 Å². The fraction of sp³-hybridized carbons (Fsp3) is 0.100. The molecule has 0 fully saturated rings. The number of hydrogen-bond donors (Lipinski definition) is 1. The first-order valence-electron chi connectivity index (χ1n) is 8.08. The van der Waals surface area contributed by atoms with E-state index >= 15 is 0 Å². The zero-order valence-corrected chi connectivity index (χ0v) is 14.3. The quantitative estimate of drug-likeness (QED) is 0.527. The van der Waals surface area contributed by atoms with Crippen LogP contribution in [0.5, 0.6) is 11.5 Å². The van der Waals surface area contributed by atoms with Crippen LogP contribution >= 0.6 is 0 Å². The third-order valence-corrected chi connectivity index (χ3v) is 3.63. The summed E-state index contributed by atoms with van der Waals surface area (Å²) in [7, 11) is 1.55. The van der Waals surface area contributed by atoms with Gasteiger partial charge in [0, 0.05) is 11.9 Å². The summed E-state index contributed by atoms with van der Waals surface area (Å²) >= 11 is 0. The Hall–Kier alpha value is -3.54. The normalized spacial score (nSPS) is 10.7. The van der Waals surface area contributed by atoms with Crippen LogP contribution in [0.4, 0.5) is 0 Å². The molecule has 3 rings (SSSR count). The number of nitrogens with zero attached hydrogens (tertiary/aromatic N) is 2. The van der Waals surface area contributed by atoms with Gasteiger partial charge < -0.3 is 14.0 Å². The average molecular weight is 349 g/mol. The van der Waals surface area contributed by atoms with E-state index in [0.29, 0.717) is 11.5 Å². The van der Waals surface area contributed by atoms with E-state index in [0.717, 1.165) is 11.4 Å². The van der Waals surface area contributed by atoms with Crippen molar-refractivity contribution in [1.82, 2.24) is 9.99 Å². The molecule has 132 valence electrons. The van der Waals surface area contributed by atoms with E-state index in [9.17, 15) is 4.79 Å². The van der Waals surface area contributed by atoms with Crippen LogP contribution in [0, 0.1) is 0 Å². The highest BCUT2D eigenvalue weighted by Gasteiger charge is 2.06. The number of ether oxygens (including phenoxy) is 2. The van der Waals surface area contributed by atoms with Crippen molar-refractivity contribution in [2.45, 2.75) is 0 Å². The molecule has 3 aromatic rings. The number of para-hydroxylation sites is 3. The van der Waals surface area contributed by atoms with Crippen LogP contribution in [0.2, 0.25) is 0 Å². The highest BCUT2D eigenvalue weighted by Crippen LogP contribution is 2.25. The van der Waals surface area contributed by atoms with Gasteiger partial charge in [-0.2, -0.15) is 5.10 Å². The Kier molecular flexibility index (Phi) is 5.67. The first-order chi connectivity index (χ1) is 12.8. The number of carbonyl (C=O) groups is 1. The van der Waals surface area contributed by atoms with Gasteiger partial charge >= 0.3 is 0 Å². The van der Waals surface area contributed by atoms with E-state index in [2.05, 4.69) is 10.5 Å². The molecule has 0 atom stereocenters. The van der Waals surface area contributed by atoms with Crippen LogP contribution in [0.15, 0.2) is 78.0 Å². The van der Waals surface area contributed by atoms with Gasteiger partial charge in [0.05, 0.1) is 19.0 Å². The molecule has 0 radical (unpaired) electrons. The second-order valence-electron chi connectivity index (χ2n) is 5.37. The minimum Gasteiger partial charge on any atom is -0.493 e. The van der Waals surface area contributed by atoms with Crippen molar-refractivity contribution in [2.24, 2.45) is 5.10 Å². The standard InChI is InChI=1S/C20H19N3O3/c1-25-18-11-5-6-12-19(18)26-15-20(24)22-21-14-17-10-7-13-23(17)16-8-3-2-4-9-16/h2-14H,15H2,1H3,(H,22,24)/b21-14+. The van der Waals surface area contributed by atoms with Crippen molar-refractivity contribution in [3.63, 3.8) is 0 Å². The second kappa shape index (κ2) is 8.53. The molecule has 2 aromatic carbocycles. The maximum atomic E-state index is 11.9. The van der Waals surface area contributed by atoms with Crippen LogP contribution in [0.3, 0.4) is 0 Å². The highest BCUT2D eigenvalue weighted by atomic mass is 16.5. The van der Waals surface area contributed by atoms with E-state index in [1.54, 1.807) is 25.5 Å². The smallest absolute Gasteiger partial charge is 0.277 e. The number of amides is 1. The van der Waals surface area contributed by atoms with Crippen molar-refractivity contribution < 1.29 is 14.3 Å². The SMILES string of the molecule is COc1ccccc1OCC(=O)N/N=C/c1cccn1-c1ccccc1. The van der Waals surface area contributed by atoms with Crippen LogP contribution < -0.4 is 14.9 Å². The molecule has 0 unspecified atom stereocenters. The van der Waals surface area contributed by atoms with Gasteiger partial charge in [0.15, 0.2) is 18.1 Å². The van der Waals surface area contributed by atoms with Gasteiger partial charge in [-0.25, -0.2) is 5.43 Å². The van der Waals surface area contributed by atoms with Crippen molar-refractivity contribution in [3.05, 3.63) is 78.6 Å². The van der Waals surface area contributed by atoms with Crippen molar-refractivity contribution in [1.29, 1.82) is 0 Å². The van der Waals surface area contributed by atoms with Crippen molar-refractivity contribution in [3.8, 4) is 17.2 Å². The Bertz CT molecular complexity index is 888. The third-order valence-electron chi connectivity index (χ3n) is 3.63. The largest absolute Gasteiger partial charge is 0.493 e. The highest BCUT2D eigenvalue weighted by molar-refractivity contribution is 5.82. The van der Waals surface area contributed by atoms with Gasteiger partial charge in [-0.3, -0.25) is 4.79 Å². The molecule has 1 amide bonds. The second-order valence-corrected chi connectivity index (χ2v) is 5.37. The topological polar surface area (TPSA) is 64.8 Å². The fourth-order valence-electron chi connectivity index (χ4n) is 2.41. The molecular formula is C20H19N3O3. The number of nitrogens with one attached hydrogen (secondary N) is 1. The van der Waals surface area contributed by atoms with Crippen molar-refractivity contribution in [2.75, 3.05) is 13.7 Å². The first kappa shape index (κ1) is 17.3. The Morgan fingerprint density at radius 1 is 1.04 bits per heavy atom. The number of carbonyl (C=O) groups excluding carboxylic acids is 1. The van der Waals surface area contributed by atoms with E-state index in [1.807, 2.05) is 65.4 Å². The molecule has 0 aliphatic heterocycles. The number of rotatable bonds is 7. The molecule has 26 heavy (non-hydrogen) atoms. The number of benzene rings is 2. The summed E-state index contributed by atoms with van der Waals surface area (Å²) < 4.78 is 12.6. The predicted octanol–water partition coefficient (Wildman–Crippen LogP) is 3.02. The summed E-state index contributed by atoms with van der Waals surface area (Å²) in [5, 5.41) is 4.00. The molecule has 1 heterocycles. The zero-order chi connectivity index (χ0) is 18.2. The lowest BCUT2D eigenvalue weighted by molar-refractivity contribution is -0.123. The lowest BCUT2D eigenvalue weighted by atomic mass is 10.3. The van der Waals surface area contributed by atoms with Crippen LogP contribution in [0.25, 0.3) is 5.69 Å². The van der Waals surface area contributed by atoms with Gasteiger partial charge in [0.1, 0.15) is 0 Å². The summed E-state index contributed by atoms with van der Waals surface area (Å²) in [4.78, 5) is 11.9. The molecule has 0 saturated carbocycles. The number of hydrogen-bond acceptors (Lipinski definition) is 4. The minimum atomic E-state index is -0.357. The first-order valence-corrected chi connectivity index (χ1v) is 8.08. The van der Waals surface area contributed by atoms with Crippen LogP contribution in [-0.4, -0.2) is 30.4 Å². The Balaban J connectivity index is 1.56. The van der Waals surface area contributed by atoms with E-state index < -0.39 is 0 Å². The van der Waals surface area contributed by atoms with Crippen LogP contribution in [0.1, 0.15) is 5.69 Å². The lowest BCUT2D eigenvalue weighted by Crippen LogP contribution is -2.24. The summed E-state index contributed by atoms with van der Waals surface area (Å²) in [6.45, 7) is -0.155. The van der Waals surface area contributed by atoms with Gasteiger partial charge in [-0.1, -0.05) is 30.3 Å². The molecule has 0 aliphatic carbocycles. The fourth-order valence-corrected chi connectivity index (χ4v) is 2.41. The van der Waals surface area contributed by atoms with E-state index in [-0.39, 0.29) is 12.5 Å². The molecule has 0 saturated heterocycles. The number of methoxy groups -OCH3 is 1. The molecule has 0 aliphatic rings. The molecule has 1 aromatic heterocycles. The number of hydrazone groups is 1. The van der Waals surface area contributed by atoms with E-state index in [4.69, 9.17) is 9.47 Å². The predicted molar refractivity (Wildman–Crippen MR) is 100.0 cm³/mol. The summed E-state index contributed by atoms with van der Waals surface area (Å²) in [5.74, 6) is 0.724. The molecule has 1 N–H and O–H groups in total. The third kappa shape index (κ3) is 4.30. The maximum absolute atomic E-state index is 11.9. The lowest BCUT2D eigenvalue weighted by Gasteiger charge is -2.09. The molecule has 0 spiro atoms. The number of aromatic nitrogens is 1. The van der Waals surface area contributed by atoms with E-state index in [1.165, 1.54) is 0 Å². The summed E-state index contributed by atoms with van der Waals surface area (Å²) in [6.07, 6.45) is 3.53. The zero-order valence-electron chi connectivity index (χ0n) is 14.3. The van der Waals surface area contributed by atoms with Gasteiger partial charge in [0.25, 0.3) is 5.91 Å². The van der Waals surface area contributed by atoms with Gasteiger partial charge in [-0.05, 0) is 36.4 Å². The average Bonchev–Trinajstić information content (AvgIpc) is 3.16. The molecular weight excluding hydrogens is 330 g/mol. The Morgan fingerprint density at radius 2 is 1.77 bits per heavy atom. The van der Waals surface area contributed by atoms with Crippen molar-refractivity contribution >= 4 is 12.1 Å². The molecule has 6 nitrogen and oxygen atoms in total. The molecule has 6 heteroatoms. The maximum Gasteiger partial charge on any atom is 0.277 e. The minimum absolute atomic E-state index is 0.155. The van der Waals surface area contributed by atoms with Gasteiger partial charge in [-0.15, -0.1) is 0 Å². The molecule has 0 bridgehead atoms. The summed E-state index contributed by atoms with van der Waals surface area (Å²) in [6, 6.07) is 20.9. The summed E-state index contributed by atoms with van der Waals surface area (Å²) in [5.41, 5.74) is 4.33. The monoisotopic (exact) mass is 349 g/mol.